The molecule has 27 heavy (non-hydrogen) atoms. The summed E-state index contributed by atoms with van der Waals surface area (Å²) in [6.07, 6.45) is 7.18. The first-order valence-corrected chi connectivity index (χ1v) is 10.2. The van der Waals surface area contributed by atoms with Crippen molar-refractivity contribution in [2.24, 2.45) is 0 Å². The van der Waals surface area contributed by atoms with Crippen molar-refractivity contribution in [2.45, 2.75) is 58.8 Å². The van der Waals surface area contributed by atoms with E-state index in [4.69, 9.17) is 4.74 Å². The van der Waals surface area contributed by atoms with Crippen molar-refractivity contribution in [3.63, 3.8) is 0 Å². The Labute approximate surface area is 161 Å². The van der Waals surface area contributed by atoms with E-state index in [1.54, 1.807) is 0 Å². The molecule has 0 fully saturated rings. The number of carbonyl (C=O) groups is 2. The van der Waals surface area contributed by atoms with Crippen LogP contribution in [0.4, 0.5) is 0 Å². The second kappa shape index (κ2) is 8.98. The highest BCUT2D eigenvalue weighted by Gasteiger charge is 2.32. The van der Waals surface area contributed by atoms with Crippen LogP contribution in [0.2, 0.25) is 0 Å². The van der Waals surface area contributed by atoms with E-state index < -0.39 is 0 Å². The molecule has 1 aliphatic carbocycles. The largest absolute Gasteiger partial charge is 0.462 e. The second-order valence-corrected chi connectivity index (χ2v) is 7.20. The van der Waals surface area contributed by atoms with Crippen LogP contribution in [-0.2, 0) is 11.2 Å². The molecule has 0 unspecified atom stereocenters. The Morgan fingerprint density at radius 3 is 2.30 bits per heavy atom. The monoisotopic (exact) mass is 364 g/mol. The lowest BCUT2D eigenvalue weighted by atomic mass is 9.93. The van der Waals surface area contributed by atoms with Crippen LogP contribution in [0.1, 0.15) is 84.2 Å². The maximum Gasteiger partial charge on any atom is 0.338 e. The number of hydrogen-bond donors (Lipinski definition) is 0. The molecular formula is C24H28O3. The molecule has 0 N–H and O–H groups in total. The third kappa shape index (κ3) is 3.97. The van der Waals surface area contributed by atoms with E-state index >= 15 is 0 Å². The van der Waals surface area contributed by atoms with E-state index in [1.807, 2.05) is 36.4 Å². The summed E-state index contributed by atoms with van der Waals surface area (Å²) < 4.78 is 5.49. The topological polar surface area (TPSA) is 43.4 Å². The average Bonchev–Trinajstić information content (AvgIpc) is 2.99. The standard InChI is InChI=1S/C24H28O3/c1-3-5-7-11-17-14-15-20(24(26)27-16-10-6-4-2)22-18-12-8-9-13-19(18)23(25)21(17)22/h8-9,12-15H,3-7,10-11,16H2,1-2H3. The van der Waals surface area contributed by atoms with Crippen LogP contribution in [0.25, 0.3) is 11.1 Å². The van der Waals surface area contributed by atoms with Crippen molar-refractivity contribution < 1.29 is 14.3 Å². The molecule has 0 radical (unpaired) electrons. The minimum Gasteiger partial charge on any atom is -0.462 e. The zero-order valence-corrected chi connectivity index (χ0v) is 16.3. The van der Waals surface area contributed by atoms with Gasteiger partial charge in [0.15, 0.2) is 5.78 Å². The summed E-state index contributed by atoms with van der Waals surface area (Å²) in [5.74, 6) is -0.292. The van der Waals surface area contributed by atoms with Gasteiger partial charge in [0.1, 0.15) is 0 Å². The van der Waals surface area contributed by atoms with Crippen molar-refractivity contribution in [1.29, 1.82) is 0 Å². The highest BCUT2D eigenvalue weighted by atomic mass is 16.5. The van der Waals surface area contributed by atoms with Crippen LogP contribution in [0.15, 0.2) is 36.4 Å². The van der Waals surface area contributed by atoms with Gasteiger partial charge in [-0.3, -0.25) is 4.79 Å². The van der Waals surface area contributed by atoms with Gasteiger partial charge in [-0.2, -0.15) is 0 Å². The van der Waals surface area contributed by atoms with Crippen molar-refractivity contribution in [1.82, 2.24) is 0 Å². The van der Waals surface area contributed by atoms with Crippen molar-refractivity contribution in [3.05, 3.63) is 58.7 Å². The Hall–Kier alpha value is -2.42. The molecular weight excluding hydrogens is 336 g/mol. The van der Waals surface area contributed by atoms with Gasteiger partial charge < -0.3 is 4.74 Å². The second-order valence-electron chi connectivity index (χ2n) is 7.20. The molecule has 0 saturated carbocycles. The Bertz CT molecular complexity index is 836. The number of aryl methyl sites for hydroxylation is 1. The Balaban J connectivity index is 1.97. The first-order valence-electron chi connectivity index (χ1n) is 10.2. The third-order valence-corrected chi connectivity index (χ3v) is 5.21. The van der Waals surface area contributed by atoms with E-state index in [0.29, 0.717) is 23.3 Å². The zero-order chi connectivity index (χ0) is 19.2. The average molecular weight is 364 g/mol. The van der Waals surface area contributed by atoms with Gasteiger partial charge in [-0.25, -0.2) is 4.79 Å². The van der Waals surface area contributed by atoms with Crippen molar-refractivity contribution in [2.75, 3.05) is 6.61 Å². The third-order valence-electron chi connectivity index (χ3n) is 5.21. The summed E-state index contributed by atoms with van der Waals surface area (Å²) in [7, 11) is 0. The van der Waals surface area contributed by atoms with Gasteiger partial charge in [0, 0.05) is 16.7 Å². The van der Waals surface area contributed by atoms with E-state index in [9.17, 15) is 9.59 Å². The van der Waals surface area contributed by atoms with Gasteiger partial charge in [0.05, 0.1) is 12.2 Å². The quantitative estimate of drug-likeness (QED) is 0.347. The van der Waals surface area contributed by atoms with Gasteiger partial charge in [0.25, 0.3) is 0 Å². The highest BCUT2D eigenvalue weighted by Crippen LogP contribution is 2.41. The summed E-state index contributed by atoms with van der Waals surface area (Å²) in [6, 6.07) is 11.4. The first-order chi connectivity index (χ1) is 13.2. The maximum absolute atomic E-state index is 13.1. The smallest absolute Gasteiger partial charge is 0.338 e. The fourth-order valence-electron chi connectivity index (χ4n) is 3.76. The number of rotatable bonds is 9. The maximum atomic E-state index is 13.1. The fourth-order valence-corrected chi connectivity index (χ4v) is 3.76. The number of ketones is 1. The SMILES string of the molecule is CCCCCOC(=O)c1ccc(CCCCC)c2c1-c1ccccc1C2=O. The van der Waals surface area contributed by atoms with Gasteiger partial charge in [-0.15, -0.1) is 0 Å². The summed E-state index contributed by atoms with van der Waals surface area (Å²) >= 11 is 0. The van der Waals surface area contributed by atoms with Crippen LogP contribution in [0, 0.1) is 0 Å². The summed E-state index contributed by atoms with van der Waals surface area (Å²) in [5, 5.41) is 0. The minimum atomic E-state index is -0.327. The van der Waals surface area contributed by atoms with Gasteiger partial charge in [0.2, 0.25) is 0 Å². The first kappa shape index (κ1) is 19.3. The molecule has 0 atom stereocenters. The number of carbonyl (C=O) groups excluding carboxylic acids is 2. The van der Waals surface area contributed by atoms with Crippen LogP contribution in [0.5, 0.6) is 0 Å². The van der Waals surface area contributed by atoms with Crippen LogP contribution < -0.4 is 0 Å². The van der Waals surface area contributed by atoms with E-state index in [1.165, 1.54) is 0 Å². The van der Waals surface area contributed by atoms with Crippen LogP contribution in [-0.4, -0.2) is 18.4 Å². The van der Waals surface area contributed by atoms with Crippen molar-refractivity contribution in [3.8, 4) is 11.1 Å². The number of unbranched alkanes of at least 4 members (excludes halogenated alkanes) is 4. The fraction of sp³-hybridized carbons (Fsp3) is 0.417. The summed E-state index contributed by atoms with van der Waals surface area (Å²) in [4.78, 5) is 25.8. The molecule has 0 aliphatic heterocycles. The molecule has 3 nitrogen and oxygen atoms in total. The van der Waals surface area contributed by atoms with E-state index in [0.717, 1.165) is 61.6 Å². The predicted octanol–water partition coefficient (Wildman–Crippen LogP) is 5.98. The zero-order valence-electron chi connectivity index (χ0n) is 16.3. The molecule has 0 bridgehead atoms. The number of esters is 1. The summed E-state index contributed by atoms with van der Waals surface area (Å²) in [5.41, 5.74) is 4.58. The molecule has 2 aromatic carbocycles. The molecule has 1 aliphatic rings. The predicted molar refractivity (Wildman–Crippen MR) is 108 cm³/mol. The molecule has 142 valence electrons. The molecule has 0 heterocycles. The van der Waals surface area contributed by atoms with Gasteiger partial charge in [-0.1, -0.05) is 69.9 Å². The number of benzene rings is 2. The number of hydrogen-bond acceptors (Lipinski definition) is 3. The lowest BCUT2D eigenvalue weighted by molar-refractivity contribution is 0.0499. The Kier molecular flexibility index (Phi) is 6.44. The Morgan fingerprint density at radius 2 is 1.56 bits per heavy atom. The Morgan fingerprint density at radius 1 is 0.852 bits per heavy atom. The van der Waals surface area contributed by atoms with E-state index in [2.05, 4.69) is 13.8 Å². The van der Waals surface area contributed by atoms with Crippen LogP contribution >= 0.6 is 0 Å². The van der Waals surface area contributed by atoms with Crippen molar-refractivity contribution >= 4 is 11.8 Å². The molecule has 2 aromatic rings. The molecule has 3 heteroatoms. The van der Waals surface area contributed by atoms with E-state index in [-0.39, 0.29) is 11.8 Å². The number of fused-ring (bicyclic) bond motifs is 3. The number of ether oxygens (including phenoxy) is 1. The molecule has 0 spiro atoms. The summed E-state index contributed by atoms with van der Waals surface area (Å²) in [6.45, 7) is 4.72. The highest BCUT2D eigenvalue weighted by molar-refractivity contribution is 6.25. The lowest BCUT2D eigenvalue weighted by Gasteiger charge is -2.13. The normalized spacial score (nSPS) is 12.0. The van der Waals surface area contributed by atoms with Gasteiger partial charge >= 0.3 is 5.97 Å². The molecule has 3 rings (SSSR count). The molecule has 0 saturated heterocycles. The molecule has 0 amide bonds. The minimum absolute atomic E-state index is 0.0349. The van der Waals surface area contributed by atoms with Gasteiger partial charge in [-0.05, 0) is 36.5 Å². The van der Waals surface area contributed by atoms with Crippen LogP contribution in [0.3, 0.4) is 0 Å². The molecule has 0 aromatic heterocycles. The lowest BCUT2D eigenvalue weighted by Crippen LogP contribution is -2.10.